The Morgan fingerprint density at radius 3 is 2.59 bits per heavy atom. The molecule has 1 saturated heterocycles. The Morgan fingerprint density at radius 2 is 1.94 bits per heavy atom. The second kappa shape index (κ2) is 4.39. The number of amides is 1. The molecule has 5 heteroatoms. The molecule has 0 bridgehead atoms. The number of carbonyl (C=O) groups is 1. The van der Waals surface area contributed by atoms with E-state index in [0.717, 1.165) is 6.07 Å². The highest BCUT2D eigenvalue weighted by Crippen LogP contribution is 2.37. The van der Waals surface area contributed by atoms with Gasteiger partial charge in [-0.15, -0.1) is 0 Å². The van der Waals surface area contributed by atoms with Gasteiger partial charge in [0, 0.05) is 6.54 Å². The molecule has 1 heterocycles. The Balaban J connectivity index is 2.41. The molecule has 0 aliphatic carbocycles. The molecular formula is C12H12F3NO. The summed E-state index contributed by atoms with van der Waals surface area (Å²) in [5, 5.41) is 2.60. The van der Waals surface area contributed by atoms with E-state index >= 15 is 0 Å². The Hall–Kier alpha value is -1.52. The van der Waals surface area contributed by atoms with Crippen LogP contribution in [-0.2, 0) is 11.0 Å². The quantitative estimate of drug-likeness (QED) is 0.807. The highest BCUT2D eigenvalue weighted by molar-refractivity contribution is 5.84. The number of hydrogen-bond donors (Lipinski definition) is 1. The van der Waals surface area contributed by atoms with Crippen molar-refractivity contribution >= 4 is 5.91 Å². The van der Waals surface area contributed by atoms with Gasteiger partial charge in [0.25, 0.3) is 0 Å². The maximum atomic E-state index is 12.8. The molecule has 1 fully saturated rings. The van der Waals surface area contributed by atoms with Gasteiger partial charge >= 0.3 is 6.18 Å². The normalized spacial score (nSPS) is 21.1. The largest absolute Gasteiger partial charge is 0.416 e. The fourth-order valence-electron chi connectivity index (χ4n) is 2.13. The molecule has 92 valence electrons. The minimum absolute atomic E-state index is 0.0807. The van der Waals surface area contributed by atoms with Crippen molar-refractivity contribution in [3.63, 3.8) is 0 Å². The lowest BCUT2D eigenvalue weighted by atomic mass is 9.87. The number of carbonyl (C=O) groups excluding carboxylic acids is 1. The number of benzene rings is 1. The van der Waals surface area contributed by atoms with Crippen molar-refractivity contribution in [1.82, 2.24) is 5.32 Å². The summed E-state index contributed by atoms with van der Waals surface area (Å²) < 4.78 is 38.4. The summed E-state index contributed by atoms with van der Waals surface area (Å²) in [7, 11) is 0. The first-order valence-corrected chi connectivity index (χ1v) is 5.44. The van der Waals surface area contributed by atoms with Gasteiger partial charge in [-0.25, -0.2) is 0 Å². The van der Waals surface area contributed by atoms with E-state index in [1.807, 2.05) is 0 Å². The average molecular weight is 243 g/mol. The molecule has 0 saturated carbocycles. The minimum Gasteiger partial charge on any atom is -0.356 e. The highest BCUT2D eigenvalue weighted by Gasteiger charge is 2.37. The van der Waals surface area contributed by atoms with Crippen molar-refractivity contribution < 1.29 is 18.0 Å². The first kappa shape index (κ1) is 12.0. The van der Waals surface area contributed by atoms with Crippen LogP contribution in [-0.4, -0.2) is 12.5 Å². The van der Waals surface area contributed by atoms with Crippen molar-refractivity contribution in [2.24, 2.45) is 0 Å². The van der Waals surface area contributed by atoms with Crippen LogP contribution in [0.2, 0.25) is 0 Å². The zero-order chi connectivity index (χ0) is 12.5. The number of halogens is 3. The maximum Gasteiger partial charge on any atom is 0.416 e. The first-order chi connectivity index (χ1) is 8.00. The van der Waals surface area contributed by atoms with Crippen LogP contribution in [0.4, 0.5) is 13.2 Å². The lowest BCUT2D eigenvalue weighted by Gasteiger charge is -2.24. The van der Waals surface area contributed by atoms with Crippen LogP contribution in [0.25, 0.3) is 0 Å². The van der Waals surface area contributed by atoms with Crippen molar-refractivity contribution in [1.29, 1.82) is 0 Å². The van der Waals surface area contributed by atoms with E-state index in [9.17, 15) is 18.0 Å². The molecule has 1 aliphatic heterocycles. The van der Waals surface area contributed by atoms with Crippen molar-refractivity contribution in [2.75, 3.05) is 6.54 Å². The van der Waals surface area contributed by atoms with Crippen LogP contribution in [0, 0.1) is 0 Å². The minimum atomic E-state index is -4.41. The van der Waals surface area contributed by atoms with E-state index in [-0.39, 0.29) is 11.5 Å². The van der Waals surface area contributed by atoms with E-state index < -0.39 is 17.7 Å². The number of rotatable bonds is 1. The van der Waals surface area contributed by atoms with Gasteiger partial charge < -0.3 is 5.32 Å². The zero-order valence-corrected chi connectivity index (χ0v) is 9.05. The van der Waals surface area contributed by atoms with Gasteiger partial charge in [0.05, 0.1) is 11.5 Å². The summed E-state index contributed by atoms with van der Waals surface area (Å²) in [6, 6.07) is 5.29. The van der Waals surface area contributed by atoms with Crippen molar-refractivity contribution in [3.8, 4) is 0 Å². The summed E-state index contributed by atoms with van der Waals surface area (Å²) in [6.45, 7) is 0.545. The standard InChI is InChI=1S/C12H12F3NO/c13-12(14,15)10-6-2-1-4-8(10)9-5-3-7-16-11(9)17/h1-2,4,6,9H,3,5,7H2,(H,16,17). The molecule has 0 radical (unpaired) electrons. The van der Waals surface area contributed by atoms with Crippen LogP contribution < -0.4 is 5.32 Å². The van der Waals surface area contributed by atoms with Gasteiger partial charge in [-0.2, -0.15) is 13.2 Å². The lowest BCUT2D eigenvalue weighted by Crippen LogP contribution is -2.35. The third-order valence-electron chi connectivity index (χ3n) is 2.93. The third-order valence-corrected chi connectivity index (χ3v) is 2.93. The number of nitrogens with one attached hydrogen (secondary N) is 1. The van der Waals surface area contributed by atoms with Crippen LogP contribution in [0.3, 0.4) is 0 Å². The first-order valence-electron chi connectivity index (χ1n) is 5.44. The molecule has 0 aromatic heterocycles. The number of hydrogen-bond acceptors (Lipinski definition) is 1. The third kappa shape index (κ3) is 2.43. The van der Waals surface area contributed by atoms with Gasteiger partial charge in [0.2, 0.25) is 5.91 Å². The molecule has 1 unspecified atom stereocenters. The van der Waals surface area contributed by atoms with Crippen molar-refractivity contribution in [2.45, 2.75) is 24.9 Å². The topological polar surface area (TPSA) is 29.1 Å². The lowest BCUT2D eigenvalue weighted by molar-refractivity contribution is -0.138. The molecule has 2 nitrogen and oxygen atoms in total. The van der Waals surface area contributed by atoms with Crippen molar-refractivity contribution in [3.05, 3.63) is 35.4 Å². The molecule has 1 amide bonds. The van der Waals surface area contributed by atoms with E-state index in [2.05, 4.69) is 5.32 Å². The van der Waals surface area contributed by atoms with E-state index in [0.29, 0.717) is 19.4 Å². The summed E-state index contributed by atoms with van der Waals surface area (Å²) in [4.78, 5) is 11.6. The predicted molar refractivity (Wildman–Crippen MR) is 56.4 cm³/mol. The summed E-state index contributed by atoms with van der Waals surface area (Å²) in [5.74, 6) is -0.991. The molecule has 17 heavy (non-hydrogen) atoms. The summed E-state index contributed by atoms with van der Waals surface area (Å²) in [6.07, 6.45) is -3.23. The Morgan fingerprint density at radius 1 is 1.24 bits per heavy atom. The SMILES string of the molecule is O=C1NCCCC1c1ccccc1C(F)(F)F. The van der Waals surface area contributed by atoms with E-state index in [1.54, 1.807) is 0 Å². The molecule has 1 aromatic carbocycles. The predicted octanol–water partition coefficient (Wildman–Crippen LogP) is 2.70. The van der Waals surface area contributed by atoms with E-state index in [1.165, 1.54) is 18.2 Å². The van der Waals surface area contributed by atoms with Crippen LogP contribution >= 0.6 is 0 Å². The second-order valence-electron chi connectivity index (χ2n) is 4.07. The molecule has 1 aromatic rings. The Kier molecular flexibility index (Phi) is 3.09. The van der Waals surface area contributed by atoms with Gasteiger partial charge in [-0.1, -0.05) is 18.2 Å². The molecule has 1 N–H and O–H groups in total. The van der Waals surface area contributed by atoms with Crippen LogP contribution in [0.5, 0.6) is 0 Å². The van der Waals surface area contributed by atoms with E-state index in [4.69, 9.17) is 0 Å². The van der Waals surface area contributed by atoms with Gasteiger partial charge in [-0.3, -0.25) is 4.79 Å². The zero-order valence-electron chi connectivity index (χ0n) is 9.05. The molecule has 2 rings (SSSR count). The second-order valence-corrected chi connectivity index (χ2v) is 4.07. The molecular weight excluding hydrogens is 231 g/mol. The Bertz CT molecular complexity index is 428. The maximum absolute atomic E-state index is 12.8. The van der Waals surface area contributed by atoms with Crippen LogP contribution in [0.15, 0.2) is 24.3 Å². The molecule has 0 spiro atoms. The molecule has 1 atom stereocenters. The fraction of sp³-hybridized carbons (Fsp3) is 0.417. The monoisotopic (exact) mass is 243 g/mol. The van der Waals surface area contributed by atoms with Crippen LogP contribution in [0.1, 0.15) is 29.9 Å². The number of piperidine rings is 1. The van der Waals surface area contributed by atoms with Gasteiger partial charge in [0.15, 0.2) is 0 Å². The van der Waals surface area contributed by atoms with Gasteiger partial charge in [0.1, 0.15) is 0 Å². The van der Waals surface area contributed by atoms with Gasteiger partial charge in [-0.05, 0) is 24.5 Å². The summed E-state index contributed by atoms with van der Waals surface area (Å²) >= 11 is 0. The summed E-state index contributed by atoms with van der Waals surface area (Å²) in [5.41, 5.74) is -0.626. The molecule has 1 aliphatic rings. The smallest absolute Gasteiger partial charge is 0.356 e. The highest BCUT2D eigenvalue weighted by atomic mass is 19.4. The fourth-order valence-corrected chi connectivity index (χ4v) is 2.13. The average Bonchev–Trinajstić information content (AvgIpc) is 2.28. The Labute approximate surface area is 96.8 Å². The number of alkyl halides is 3.